The van der Waals surface area contributed by atoms with Gasteiger partial charge in [0.15, 0.2) is 0 Å². The van der Waals surface area contributed by atoms with Crippen molar-refractivity contribution in [3.05, 3.63) is 59.8 Å². The number of aliphatic imine (C=N–C) groups is 1. The van der Waals surface area contributed by atoms with Gasteiger partial charge in [0.25, 0.3) is 5.92 Å². The van der Waals surface area contributed by atoms with Crippen molar-refractivity contribution in [2.75, 3.05) is 18.0 Å². The van der Waals surface area contributed by atoms with Gasteiger partial charge in [-0.25, -0.2) is 18.7 Å². The largest absolute Gasteiger partial charge is 0.350 e. The molecule has 0 N–H and O–H groups in total. The topological polar surface area (TPSA) is 59.2 Å². The molecule has 0 amide bonds. The first-order valence-corrected chi connectivity index (χ1v) is 9.60. The van der Waals surface area contributed by atoms with E-state index in [4.69, 9.17) is 0 Å². The van der Waals surface area contributed by atoms with Crippen LogP contribution in [0.5, 0.6) is 0 Å². The fourth-order valence-corrected chi connectivity index (χ4v) is 3.96. The lowest BCUT2D eigenvalue weighted by molar-refractivity contribution is -0.0118. The normalized spacial score (nSPS) is 17.9. The Morgan fingerprint density at radius 3 is 2.79 bits per heavy atom. The molecule has 1 aromatic carbocycles. The van der Waals surface area contributed by atoms with Crippen molar-refractivity contribution >= 4 is 11.5 Å². The smallest absolute Gasteiger partial charge is 0.265 e. The number of hydrogen-bond acceptors (Lipinski definition) is 5. The molecule has 29 heavy (non-hydrogen) atoms. The van der Waals surface area contributed by atoms with E-state index in [0.717, 1.165) is 28.0 Å². The van der Waals surface area contributed by atoms with Crippen molar-refractivity contribution in [1.82, 2.24) is 19.7 Å². The minimum atomic E-state index is -2.68. The maximum atomic E-state index is 13.8. The number of fused-ring (bicyclic) bond motifs is 1. The van der Waals surface area contributed by atoms with Gasteiger partial charge in [-0.3, -0.25) is 9.67 Å². The van der Waals surface area contributed by atoms with Crippen molar-refractivity contribution in [2.45, 2.75) is 25.3 Å². The van der Waals surface area contributed by atoms with Gasteiger partial charge in [0.2, 0.25) is 0 Å². The van der Waals surface area contributed by atoms with E-state index in [9.17, 15) is 8.78 Å². The van der Waals surface area contributed by atoms with E-state index in [1.807, 2.05) is 19.4 Å². The average molecular weight is 394 g/mol. The van der Waals surface area contributed by atoms with Crippen LogP contribution in [-0.4, -0.2) is 44.5 Å². The predicted molar refractivity (Wildman–Crippen MR) is 106 cm³/mol. The van der Waals surface area contributed by atoms with Gasteiger partial charge in [-0.05, 0) is 23.6 Å². The monoisotopic (exact) mass is 394 g/mol. The zero-order chi connectivity index (χ0) is 20.0. The van der Waals surface area contributed by atoms with Gasteiger partial charge in [-0.15, -0.1) is 0 Å². The fraction of sp³-hybridized carbons (Fsp3) is 0.333. The number of benzene rings is 1. The summed E-state index contributed by atoms with van der Waals surface area (Å²) in [5, 5.41) is 4.24. The lowest BCUT2D eigenvalue weighted by atomic mass is 9.98. The highest BCUT2D eigenvalue weighted by atomic mass is 19.3. The summed E-state index contributed by atoms with van der Waals surface area (Å²) in [7, 11) is 1.89. The second-order valence-corrected chi connectivity index (χ2v) is 7.58. The highest BCUT2D eigenvalue weighted by Crippen LogP contribution is 2.31. The van der Waals surface area contributed by atoms with Crippen molar-refractivity contribution < 1.29 is 8.78 Å². The van der Waals surface area contributed by atoms with E-state index < -0.39 is 5.92 Å². The summed E-state index contributed by atoms with van der Waals surface area (Å²) in [6.07, 6.45) is 5.60. The summed E-state index contributed by atoms with van der Waals surface area (Å²) < 4.78 is 29.4. The number of rotatable bonds is 3. The van der Waals surface area contributed by atoms with E-state index in [0.29, 0.717) is 31.0 Å². The number of aryl methyl sites for hydroxylation is 1. The van der Waals surface area contributed by atoms with Crippen LogP contribution in [0.1, 0.15) is 29.7 Å². The van der Waals surface area contributed by atoms with Crippen LogP contribution in [0, 0.1) is 0 Å². The number of hydrogen-bond donors (Lipinski definition) is 0. The molecule has 0 bridgehead atoms. The van der Waals surface area contributed by atoms with E-state index in [1.54, 1.807) is 15.6 Å². The van der Waals surface area contributed by atoms with E-state index >= 15 is 0 Å². The van der Waals surface area contributed by atoms with E-state index in [-0.39, 0.29) is 13.0 Å². The zero-order valence-electron chi connectivity index (χ0n) is 16.0. The van der Waals surface area contributed by atoms with E-state index in [2.05, 4.69) is 38.3 Å². The summed E-state index contributed by atoms with van der Waals surface area (Å²) in [6.45, 7) is 0.844. The summed E-state index contributed by atoms with van der Waals surface area (Å²) >= 11 is 0. The quantitative estimate of drug-likeness (QED) is 0.683. The van der Waals surface area contributed by atoms with Crippen LogP contribution in [-0.2, 0) is 13.6 Å². The van der Waals surface area contributed by atoms with Crippen molar-refractivity contribution in [3.8, 4) is 11.1 Å². The number of aromatic nitrogens is 4. The first kappa shape index (κ1) is 17.9. The molecule has 8 heteroatoms. The maximum absolute atomic E-state index is 13.8. The van der Waals surface area contributed by atoms with Gasteiger partial charge in [0.05, 0.1) is 30.7 Å². The molecule has 148 valence electrons. The molecule has 0 spiro atoms. The van der Waals surface area contributed by atoms with Gasteiger partial charge >= 0.3 is 0 Å². The molecule has 0 unspecified atom stereocenters. The molecule has 2 aromatic heterocycles. The van der Waals surface area contributed by atoms with Crippen LogP contribution in [0.25, 0.3) is 11.1 Å². The first-order chi connectivity index (χ1) is 14.0. The van der Waals surface area contributed by atoms with Gasteiger partial charge in [-0.2, -0.15) is 5.10 Å². The summed E-state index contributed by atoms with van der Waals surface area (Å²) in [4.78, 5) is 14.9. The lowest BCUT2D eigenvalue weighted by Gasteiger charge is -2.33. The Bertz CT molecular complexity index is 1100. The number of halogens is 2. The molecule has 2 aliphatic heterocycles. The lowest BCUT2D eigenvalue weighted by Crippen LogP contribution is -2.43. The third-order valence-electron chi connectivity index (χ3n) is 5.42. The Morgan fingerprint density at radius 2 is 2.00 bits per heavy atom. The van der Waals surface area contributed by atoms with Gasteiger partial charge in [0.1, 0.15) is 12.1 Å². The highest BCUT2D eigenvalue weighted by molar-refractivity contribution is 6.14. The molecule has 0 atom stereocenters. The zero-order valence-corrected chi connectivity index (χ0v) is 16.0. The van der Waals surface area contributed by atoms with Crippen LogP contribution >= 0.6 is 0 Å². The molecule has 3 aromatic rings. The predicted octanol–water partition coefficient (Wildman–Crippen LogP) is 3.46. The molecular weight excluding hydrogens is 374 g/mol. The SMILES string of the molecule is Cn1cc(-c2ccc3c(c2)C(c2cc(N4CCCC(F)(F)C4)ncn2)=NC3)cn1. The Labute approximate surface area is 166 Å². The maximum Gasteiger partial charge on any atom is 0.265 e. The molecule has 2 aliphatic rings. The van der Waals surface area contributed by atoms with Crippen LogP contribution in [0.3, 0.4) is 0 Å². The molecule has 1 fully saturated rings. The van der Waals surface area contributed by atoms with Crippen molar-refractivity contribution in [2.24, 2.45) is 12.0 Å². The second-order valence-electron chi connectivity index (χ2n) is 7.58. The Balaban J connectivity index is 1.48. The third-order valence-corrected chi connectivity index (χ3v) is 5.42. The minimum Gasteiger partial charge on any atom is -0.350 e. The summed E-state index contributed by atoms with van der Waals surface area (Å²) in [5.41, 5.74) is 5.65. The molecule has 0 aliphatic carbocycles. The van der Waals surface area contributed by atoms with Gasteiger partial charge < -0.3 is 4.90 Å². The Kier molecular flexibility index (Phi) is 4.15. The minimum absolute atomic E-state index is 0.0708. The standard InChI is InChI=1S/C21H20F2N6/c1-28-11-16(10-27-28)14-3-4-15-9-24-20(17(15)7-14)18-8-19(26-13-25-18)29-6-2-5-21(22,23)12-29/h3-4,7-8,10-11,13H,2,5-6,9,12H2,1H3. The molecule has 6 nitrogen and oxygen atoms in total. The number of nitrogens with zero attached hydrogens (tertiary/aromatic N) is 6. The molecule has 5 rings (SSSR count). The third kappa shape index (κ3) is 3.39. The van der Waals surface area contributed by atoms with Crippen molar-refractivity contribution in [1.29, 1.82) is 0 Å². The Hall–Kier alpha value is -3.16. The number of piperidine rings is 1. The van der Waals surface area contributed by atoms with Crippen LogP contribution in [0.4, 0.5) is 14.6 Å². The Morgan fingerprint density at radius 1 is 1.10 bits per heavy atom. The van der Waals surface area contributed by atoms with Crippen molar-refractivity contribution in [3.63, 3.8) is 0 Å². The molecule has 4 heterocycles. The first-order valence-electron chi connectivity index (χ1n) is 9.60. The summed E-state index contributed by atoms with van der Waals surface area (Å²) in [5.74, 6) is -2.16. The van der Waals surface area contributed by atoms with E-state index in [1.165, 1.54) is 6.33 Å². The van der Waals surface area contributed by atoms with Crippen LogP contribution < -0.4 is 4.90 Å². The van der Waals surface area contributed by atoms with Crippen LogP contribution in [0.2, 0.25) is 0 Å². The molecular formula is C21H20F2N6. The van der Waals surface area contributed by atoms with Crippen LogP contribution in [0.15, 0.2) is 48.0 Å². The molecule has 0 saturated carbocycles. The fourth-order valence-electron chi connectivity index (χ4n) is 3.96. The second kappa shape index (κ2) is 6.72. The number of alkyl halides is 2. The average Bonchev–Trinajstić information content (AvgIpc) is 3.33. The molecule has 1 saturated heterocycles. The highest BCUT2D eigenvalue weighted by Gasteiger charge is 2.36. The van der Waals surface area contributed by atoms with Gasteiger partial charge in [-0.1, -0.05) is 12.1 Å². The van der Waals surface area contributed by atoms with Gasteiger partial charge in [0, 0.05) is 43.4 Å². The molecule has 0 radical (unpaired) electrons. The summed E-state index contributed by atoms with van der Waals surface area (Å²) in [6, 6.07) is 8.00. The number of anilines is 1.